The molecule has 1 unspecified atom stereocenters. The van der Waals surface area contributed by atoms with E-state index in [4.69, 9.17) is 0 Å². The predicted octanol–water partition coefficient (Wildman–Crippen LogP) is 4.08. The lowest BCUT2D eigenvalue weighted by Gasteiger charge is -2.15. The molecule has 0 saturated carbocycles. The van der Waals surface area contributed by atoms with Crippen LogP contribution in [-0.2, 0) is 13.0 Å². The van der Waals surface area contributed by atoms with Crippen molar-refractivity contribution in [3.63, 3.8) is 0 Å². The Kier molecular flexibility index (Phi) is 3.39. The lowest BCUT2D eigenvalue weighted by Crippen LogP contribution is -2.18. The van der Waals surface area contributed by atoms with Crippen LogP contribution >= 0.6 is 0 Å². The van der Waals surface area contributed by atoms with Crippen molar-refractivity contribution < 1.29 is 0 Å². The summed E-state index contributed by atoms with van der Waals surface area (Å²) in [6.45, 7) is 5.39. The standard InChI is InChI=1S/C18H21N/c1-13-10-14(2)16-8-9-18(17(16)11-13)19-12-15-6-4-3-5-7-15/h3-7,10-11,18-19H,8-9,12H2,1-2H3. The van der Waals surface area contributed by atoms with Crippen LogP contribution < -0.4 is 5.32 Å². The maximum Gasteiger partial charge on any atom is 0.0329 e. The average molecular weight is 251 g/mol. The van der Waals surface area contributed by atoms with E-state index in [1.165, 1.54) is 35.1 Å². The van der Waals surface area contributed by atoms with Gasteiger partial charge in [0, 0.05) is 12.6 Å². The van der Waals surface area contributed by atoms with Crippen LogP contribution in [0.2, 0.25) is 0 Å². The molecule has 1 heteroatoms. The molecule has 1 nitrogen and oxygen atoms in total. The van der Waals surface area contributed by atoms with Crippen LogP contribution in [0.5, 0.6) is 0 Å². The van der Waals surface area contributed by atoms with Gasteiger partial charge in [0.05, 0.1) is 0 Å². The summed E-state index contributed by atoms with van der Waals surface area (Å²) < 4.78 is 0. The number of hydrogen-bond donors (Lipinski definition) is 1. The summed E-state index contributed by atoms with van der Waals surface area (Å²) in [6, 6.07) is 15.8. The third-order valence-corrected chi connectivity index (χ3v) is 4.11. The van der Waals surface area contributed by atoms with Crippen molar-refractivity contribution in [2.45, 2.75) is 39.3 Å². The quantitative estimate of drug-likeness (QED) is 0.866. The molecule has 2 aromatic carbocycles. The molecule has 1 aliphatic carbocycles. The van der Waals surface area contributed by atoms with E-state index in [2.05, 4.69) is 61.6 Å². The zero-order valence-electron chi connectivity index (χ0n) is 11.7. The van der Waals surface area contributed by atoms with Crippen LogP contribution in [0.1, 0.15) is 40.3 Å². The Bertz CT molecular complexity index is 572. The molecule has 0 aromatic heterocycles. The van der Waals surface area contributed by atoms with E-state index >= 15 is 0 Å². The van der Waals surface area contributed by atoms with Crippen molar-refractivity contribution in [3.8, 4) is 0 Å². The first-order valence-corrected chi connectivity index (χ1v) is 7.11. The summed E-state index contributed by atoms with van der Waals surface area (Å²) in [5.74, 6) is 0. The van der Waals surface area contributed by atoms with Crippen LogP contribution in [0, 0.1) is 13.8 Å². The topological polar surface area (TPSA) is 12.0 Å². The number of nitrogens with one attached hydrogen (secondary N) is 1. The van der Waals surface area contributed by atoms with Crippen molar-refractivity contribution in [2.75, 3.05) is 0 Å². The van der Waals surface area contributed by atoms with E-state index < -0.39 is 0 Å². The van der Waals surface area contributed by atoms with Gasteiger partial charge in [-0.25, -0.2) is 0 Å². The summed E-state index contributed by atoms with van der Waals surface area (Å²) in [7, 11) is 0. The SMILES string of the molecule is Cc1cc(C)c2c(c1)C(NCc1ccccc1)CC2. The number of hydrogen-bond acceptors (Lipinski definition) is 1. The zero-order valence-corrected chi connectivity index (χ0v) is 11.7. The molecular weight excluding hydrogens is 230 g/mol. The van der Waals surface area contributed by atoms with E-state index in [0.29, 0.717) is 6.04 Å². The van der Waals surface area contributed by atoms with Gasteiger partial charge in [-0.1, -0.05) is 48.0 Å². The maximum absolute atomic E-state index is 3.71. The highest BCUT2D eigenvalue weighted by Crippen LogP contribution is 2.34. The van der Waals surface area contributed by atoms with Gasteiger partial charge in [0.2, 0.25) is 0 Å². The van der Waals surface area contributed by atoms with E-state index in [1.807, 2.05) is 0 Å². The minimum Gasteiger partial charge on any atom is -0.306 e. The molecule has 1 aliphatic rings. The summed E-state index contributed by atoms with van der Waals surface area (Å²) in [6.07, 6.45) is 2.44. The second kappa shape index (κ2) is 5.18. The minimum atomic E-state index is 0.522. The molecule has 19 heavy (non-hydrogen) atoms. The number of aryl methyl sites for hydroxylation is 2. The van der Waals surface area contributed by atoms with Gasteiger partial charge >= 0.3 is 0 Å². The van der Waals surface area contributed by atoms with E-state index in [-0.39, 0.29) is 0 Å². The first-order valence-electron chi connectivity index (χ1n) is 7.11. The Hall–Kier alpha value is -1.60. The fourth-order valence-electron chi connectivity index (χ4n) is 3.18. The summed E-state index contributed by atoms with van der Waals surface area (Å²) in [5, 5.41) is 3.71. The van der Waals surface area contributed by atoms with Crippen LogP contribution in [0.15, 0.2) is 42.5 Å². The van der Waals surface area contributed by atoms with E-state index in [9.17, 15) is 0 Å². The Morgan fingerprint density at radius 3 is 2.68 bits per heavy atom. The fourth-order valence-corrected chi connectivity index (χ4v) is 3.18. The Labute approximate surface area is 115 Å². The van der Waals surface area contributed by atoms with Crippen LogP contribution in [-0.4, -0.2) is 0 Å². The van der Waals surface area contributed by atoms with Crippen LogP contribution in [0.25, 0.3) is 0 Å². The molecule has 0 fully saturated rings. The van der Waals surface area contributed by atoms with Gasteiger partial charge in [0.25, 0.3) is 0 Å². The highest BCUT2D eigenvalue weighted by molar-refractivity contribution is 5.43. The number of rotatable bonds is 3. The minimum absolute atomic E-state index is 0.522. The summed E-state index contributed by atoms with van der Waals surface area (Å²) >= 11 is 0. The zero-order chi connectivity index (χ0) is 13.2. The van der Waals surface area contributed by atoms with Gasteiger partial charge in [0.15, 0.2) is 0 Å². The molecular formula is C18H21N. The second-order valence-corrected chi connectivity index (χ2v) is 5.61. The first kappa shape index (κ1) is 12.4. The molecule has 0 heterocycles. The molecule has 0 amide bonds. The molecule has 3 rings (SSSR count). The van der Waals surface area contributed by atoms with Gasteiger partial charge in [-0.15, -0.1) is 0 Å². The van der Waals surface area contributed by atoms with Crippen molar-refractivity contribution in [3.05, 3.63) is 70.3 Å². The third kappa shape index (κ3) is 2.57. The molecule has 0 radical (unpaired) electrons. The van der Waals surface area contributed by atoms with Crippen molar-refractivity contribution in [1.29, 1.82) is 0 Å². The molecule has 98 valence electrons. The first-order chi connectivity index (χ1) is 9.24. The smallest absolute Gasteiger partial charge is 0.0329 e. The summed E-state index contributed by atoms with van der Waals surface area (Å²) in [5.41, 5.74) is 7.29. The van der Waals surface area contributed by atoms with E-state index in [1.54, 1.807) is 5.56 Å². The Balaban J connectivity index is 1.76. The largest absolute Gasteiger partial charge is 0.306 e. The van der Waals surface area contributed by atoms with Crippen molar-refractivity contribution >= 4 is 0 Å². The monoisotopic (exact) mass is 251 g/mol. The highest BCUT2D eigenvalue weighted by Gasteiger charge is 2.23. The van der Waals surface area contributed by atoms with Crippen LogP contribution in [0.3, 0.4) is 0 Å². The highest BCUT2D eigenvalue weighted by atomic mass is 14.9. The number of benzene rings is 2. The molecule has 0 bridgehead atoms. The van der Waals surface area contributed by atoms with Gasteiger partial charge in [-0.05, 0) is 48.9 Å². The van der Waals surface area contributed by atoms with Crippen molar-refractivity contribution in [2.24, 2.45) is 0 Å². The third-order valence-electron chi connectivity index (χ3n) is 4.11. The average Bonchev–Trinajstić information content (AvgIpc) is 2.81. The van der Waals surface area contributed by atoms with Gasteiger partial charge in [-0.2, -0.15) is 0 Å². The molecule has 1 N–H and O–H groups in total. The normalized spacial score (nSPS) is 17.5. The predicted molar refractivity (Wildman–Crippen MR) is 80.3 cm³/mol. The van der Waals surface area contributed by atoms with Gasteiger partial charge in [0.1, 0.15) is 0 Å². The van der Waals surface area contributed by atoms with Crippen molar-refractivity contribution in [1.82, 2.24) is 5.32 Å². The molecule has 1 atom stereocenters. The lowest BCUT2D eigenvalue weighted by atomic mass is 10.00. The van der Waals surface area contributed by atoms with E-state index in [0.717, 1.165) is 6.54 Å². The number of fused-ring (bicyclic) bond motifs is 1. The Morgan fingerprint density at radius 2 is 1.89 bits per heavy atom. The Morgan fingerprint density at radius 1 is 1.11 bits per heavy atom. The lowest BCUT2D eigenvalue weighted by molar-refractivity contribution is 0.530. The second-order valence-electron chi connectivity index (χ2n) is 5.61. The van der Waals surface area contributed by atoms with Crippen LogP contribution in [0.4, 0.5) is 0 Å². The molecule has 0 spiro atoms. The maximum atomic E-state index is 3.71. The molecule has 2 aromatic rings. The summed E-state index contributed by atoms with van der Waals surface area (Å²) in [4.78, 5) is 0. The molecule has 0 aliphatic heterocycles. The van der Waals surface area contributed by atoms with Gasteiger partial charge in [-0.3, -0.25) is 0 Å². The van der Waals surface area contributed by atoms with Gasteiger partial charge < -0.3 is 5.32 Å². The fraction of sp³-hybridized carbons (Fsp3) is 0.333. The molecule has 0 saturated heterocycles.